The Kier molecular flexibility index (Phi) is 3.12. The molecule has 0 saturated heterocycles. The summed E-state index contributed by atoms with van der Waals surface area (Å²) in [6.45, 7) is 0. The molecule has 19 heavy (non-hydrogen) atoms. The molecule has 1 saturated carbocycles. The molecule has 2 N–H and O–H groups in total. The van der Waals surface area contributed by atoms with Crippen molar-refractivity contribution in [3.05, 3.63) is 23.8 Å². The van der Waals surface area contributed by atoms with Crippen molar-refractivity contribution in [2.75, 3.05) is 10.6 Å². The molecule has 0 bridgehead atoms. The van der Waals surface area contributed by atoms with E-state index in [0.29, 0.717) is 5.69 Å². The molecule has 0 spiro atoms. The van der Waals surface area contributed by atoms with Crippen LogP contribution in [0.15, 0.2) is 12.1 Å². The summed E-state index contributed by atoms with van der Waals surface area (Å²) in [5.74, 6) is -2.07. The van der Waals surface area contributed by atoms with E-state index in [1.807, 2.05) is 0 Å². The second-order valence-electron chi connectivity index (χ2n) is 5.27. The minimum Gasteiger partial charge on any atom is -0.377 e. The number of anilines is 2. The molecular formula is C14H16F2N2O. The number of hydrogen-bond acceptors (Lipinski definition) is 2. The van der Waals surface area contributed by atoms with E-state index in [0.717, 1.165) is 38.2 Å². The lowest BCUT2D eigenvalue weighted by Crippen LogP contribution is -2.34. The largest absolute Gasteiger partial charge is 0.377 e. The zero-order valence-corrected chi connectivity index (χ0v) is 10.5. The van der Waals surface area contributed by atoms with E-state index < -0.39 is 11.6 Å². The van der Waals surface area contributed by atoms with E-state index in [2.05, 4.69) is 10.6 Å². The van der Waals surface area contributed by atoms with Crippen LogP contribution in [0.4, 0.5) is 20.2 Å². The van der Waals surface area contributed by atoms with Gasteiger partial charge in [0, 0.05) is 6.04 Å². The van der Waals surface area contributed by atoms with E-state index in [1.165, 1.54) is 6.07 Å². The normalized spacial score (nSPS) is 26.3. The van der Waals surface area contributed by atoms with Crippen LogP contribution in [-0.2, 0) is 4.79 Å². The van der Waals surface area contributed by atoms with Gasteiger partial charge in [0.1, 0.15) is 0 Å². The van der Waals surface area contributed by atoms with Crippen LogP contribution in [0.25, 0.3) is 0 Å². The zero-order chi connectivity index (χ0) is 13.4. The molecule has 2 aliphatic rings. The Balaban J connectivity index is 2.01. The second kappa shape index (κ2) is 4.79. The Morgan fingerprint density at radius 2 is 1.89 bits per heavy atom. The fourth-order valence-electron chi connectivity index (χ4n) is 3.00. The van der Waals surface area contributed by atoms with Crippen molar-refractivity contribution < 1.29 is 13.6 Å². The lowest BCUT2D eigenvalue weighted by molar-refractivity contribution is -0.120. The molecule has 1 aromatic carbocycles. The highest BCUT2D eigenvalue weighted by Gasteiger charge is 2.34. The standard InChI is InChI=1S/C14H16F2N2O/c15-9-6-7-11-13(12(9)16)17-10-5-3-1-2-4-8(10)14(19)18-11/h6-8,10,17H,1-5H2,(H,18,19). The summed E-state index contributed by atoms with van der Waals surface area (Å²) in [7, 11) is 0. The van der Waals surface area contributed by atoms with Gasteiger partial charge < -0.3 is 10.6 Å². The lowest BCUT2D eigenvalue weighted by atomic mass is 9.94. The lowest BCUT2D eigenvalue weighted by Gasteiger charge is -2.22. The minimum atomic E-state index is -0.914. The summed E-state index contributed by atoms with van der Waals surface area (Å²) in [5, 5.41) is 5.75. The first kappa shape index (κ1) is 12.4. The maximum atomic E-state index is 13.9. The molecular weight excluding hydrogens is 250 g/mol. The molecule has 1 aliphatic heterocycles. The van der Waals surface area contributed by atoms with Gasteiger partial charge in [-0.1, -0.05) is 19.3 Å². The van der Waals surface area contributed by atoms with E-state index >= 15 is 0 Å². The summed E-state index contributed by atoms with van der Waals surface area (Å²) in [6.07, 6.45) is 4.70. The highest BCUT2D eigenvalue weighted by molar-refractivity contribution is 5.98. The van der Waals surface area contributed by atoms with E-state index in [4.69, 9.17) is 0 Å². The zero-order valence-electron chi connectivity index (χ0n) is 10.5. The summed E-state index contributed by atoms with van der Waals surface area (Å²) in [6, 6.07) is 2.33. The number of halogens is 2. The average molecular weight is 266 g/mol. The predicted octanol–water partition coefficient (Wildman–Crippen LogP) is 3.28. The third-order valence-electron chi connectivity index (χ3n) is 4.04. The molecule has 1 aliphatic carbocycles. The van der Waals surface area contributed by atoms with Gasteiger partial charge in [0.25, 0.3) is 0 Å². The number of benzene rings is 1. The number of carbonyl (C=O) groups excluding carboxylic acids is 1. The monoisotopic (exact) mass is 266 g/mol. The van der Waals surface area contributed by atoms with Crippen molar-refractivity contribution in [3.8, 4) is 0 Å². The second-order valence-corrected chi connectivity index (χ2v) is 5.27. The van der Waals surface area contributed by atoms with Crippen molar-refractivity contribution in [2.24, 2.45) is 5.92 Å². The maximum absolute atomic E-state index is 13.9. The summed E-state index contributed by atoms with van der Waals surface area (Å²) < 4.78 is 27.2. The molecule has 3 rings (SSSR count). The van der Waals surface area contributed by atoms with Gasteiger partial charge in [-0.2, -0.15) is 0 Å². The first-order valence-electron chi connectivity index (χ1n) is 6.72. The van der Waals surface area contributed by atoms with Gasteiger partial charge in [0.05, 0.1) is 17.3 Å². The molecule has 0 radical (unpaired) electrons. The SMILES string of the molecule is O=C1Nc2ccc(F)c(F)c2NC2CCCCCC12. The number of hydrogen-bond donors (Lipinski definition) is 2. The minimum absolute atomic E-state index is 0.0859. The van der Waals surface area contributed by atoms with Crippen molar-refractivity contribution in [2.45, 2.75) is 38.1 Å². The van der Waals surface area contributed by atoms with Gasteiger partial charge in [0.15, 0.2) is 11.6 Å². The molecule has 2 unspecified atom stereocenters. The van der Waals surface area contributed by atoms with Crippen LogP contribution in [0.1, 0.15) is 32.1 Å². The van der Waals surface area contributed by atoms with Crippen molar-refractivity contribution in [1.29, 1.82) is 0 Å². The van der Waals surface area contributed by atoms with E-state index in [9.17, 15) is 13.6 Å². The van der Waals surface area contributed by atoms with Gasteiger partial charge in [0.2, 0.25) is 5.91 Å². The Bertz CT molecular complexity index is 518. The van der Waals surface area contributed by atoms with Crippen LogP contribution < -0.4 is 10.6 Å². The Morgan fingerprint density at radius 1 is 1.11 bits per heavy atom. The molecule has 3 nitrogen and oxygen atoms in total. The summed E-state index contributed by atoms with van der Waals surface area (Å²) in [4.78, 5) is 12.2. The van der Waals surface area contributed by atoms with E-state index in [-0.39, 0.29) is 23.6 Å². The number of amides is 1. The Morgan fingerprint density at radius 3 is 2.74 bits per heavy atom. The van der Waals surface area contributed by atoms with Crippen LogP contribution in [0.2, 0.25) is 0 Å². The number of carbonyl (C=O) groups is 1. The van der Waals surface area contributed by atoms with Gasteiger partial charge in [-0.15, -0.1) is 0 Å². The number of fused-ring (bicyclic) bond motifs is 2. The molecule has 1 amide bonds. The smallest absolute Gasteiger partial charge is 0.229 e. The van der Waals surface area contributed by atoms with Crippen LogP contribution in [-0.4, -0.2) is 11.9 Å². The van der Waals surface area contributed by atoms with Crippen molar-refractivity contribution >= 4 is 17.3 Å². The summed E-state index contributed by atoms with van der Waals surface area (Å²) >= 11 is 0. The Labute approximate surface area is 110 Å². The molecule has 102 valence electrons. The van der Waals surface area contributed by atoms with Crippen LogP contribution in [0, 0.1) is 17.6 Å². The molecule has 1 aromatic rings. The number of nitrogens with one attached hydrogen (secondary N) is 2. The molecule has 1 fully saturated rings. The summed E-state index contributed by atoms with van der Waals surface area (Å²) in [5.41, 5.74) is 0.416. The van der Waals surface area contributed by atoms with E-state index in [1.54, 1.807) is 0 Å². The average Bonchev–Trinajstić information content (AvgIpc) is 2.69. The highest BCUT2D eigenvalue weighted by atomic mass is 19.2. The fourth-order valence-corrected chi connectivity index (χ4v) is 3.00. The van der Waals surface area contributed by atoms with Crippen LogP contribution in [0.5, 0.6) is 0 Å². The molecule has 0 aromatic heterocycles. The molecule has 1 heterocycles. The predicted molar refractivity (Wildman–Crippen MR) is 69.0 cm³/mol. The van der Waals surface area contributed by atoms with Gasteiger partial charge >= 0.3 is 0 Å². The van der Waals surface area contributed by atoms with Gasteiger partial charge in [-0.25, -0.2) is 8.78 Å². The van der Waals surface area contributed by atoms with Crippen LogP contribution in [0.3, 0.4) is 0 Å². The first-order valence-corrected chi connectivity index (χ1v) is 6.72. The third-order valence-corrected chi connectivity index (χ3v) is 4.04. The van der Waals surface area contributed by atoms with Crippen LogP contribution >= 0.6 is 0 Å². The maximum Gasteiger partial charge on any atom is 0.229 e. The first-order chi connectivity index (χ1) is 9.16. The van der Waals surface area contributed by atoms with Gasteiger partial charge in [-0.05, 0) is 25.0 Å². The molecule has 2 atom stereocenters. The third kappa shape index (κ3) is 2.17. The van der Waals surface area contributed by atoms with Crippen molar-refractivity contribution in [1.82, 2.24) is 0 Å². The number of rotatable bonds is 0. The topological polar surface area (TPSA) is 41.1 Å². The quantitative estimate of drug-likeness (QED) is 0.756. The Hall–Kier alpha value is -1.65. The fraction of sp³-hybridized carbons (Fsp3) is 0.500. The van der Waals surface area contributed by atoms with Crippen molar-refractivity contribution in [3.63, 3.8) is 0 Å². The molecule has 5 heteroatoms. The highest BCUT2D eigenvalue weighted by Crippen LogP contribution is 2.36. The van der Waals surface area contributed by atoms with Gasteiger partial charge in [-0.3, -0.25) is 4.79 Å².